The number of phenolic OH excluding ortho intramolecular Hbond substituents is 1. The first-order valence-corrected chi connectivity index (χ1v) is 8.31. The number of rotatable bonds is 4. The number of hydrogen-bond acceptors (Lipinski definition) is 4. The minimum Gasteiger partial charge on any atom is -0.508 e. The van der Waals surface area contributed by atoms with Crippen molar-refractivity contribution in [1.29, 1.82) is 0 Å². The molecular formula is C13H19NO4S. The van der Waals surface area contributed by atoms with Crippen LogP contribution in [0.3, 0.4) is 0 Å². The quantitative estimate of drug-likeness (QED) is 0.833. The summed E-state index contributed by atoms with van der Waals surface area (Å²) in [7, 11) is -3.36. The fraction of sp³-hybridized carbons (Fsp3) is 0.538. The maximum atomic E-state index is 11.3. The minimum atomic E-state index is -3.36. The molecule has 1 saturated carbocycles. The van der Waals surface area contributed by atoms with E-state index in [1.807, 2.05) is 0 Å². The average Bonchev–Trinajstić information content (AvgIpc) is 2.32. The number of benzene rings is 1. The lowest BCUT2D eigenvalue weighted by atomic mass is 9.98. The lowest BCUT2D eigenvalue weighted by molar-refractivity contribution is 0.155. The highest BCUT2D eigenvalue weighted by molar-refractivity contribution is 7.92. The molecule has 0 bridgehead atoms. The fourth-order valence-electron chi connectivity index (χ4n) is 2.26. The second-order valence-corrected chi connectivity index (χ2v) is 6.68. The molecule has 0 radical (unpaired) electrons. The van der Waals surface area contributed by atoms with Crippen LogP contribution in [0.5, 0.6) is 11.5 Å². The van der Waals surface area contributed by atoms with Crippen LogP contribution in [0.25, 0.3) is 0 Å². The first-order valence-electron chi connectivity index (χ1n) is 6.41. The first-order chi connectivity index (χ1) is 8.94. The van der Waals surface area contributed by atoms with Crippen molar-refractivity contribution >= 4 is 15.7 Å². The van der Waals surface area contributed by atoms with Crippen molar-refractivity contribution in [3.8, 4) is 11.5 Å². The van der Waals surface area contributed by atoms with E-state index in [-0.39, 0.29) is 11.9 Å². The standard InChI is InChI=1S/C13H19NO4S/c1-19(16,17)14-12-8-7-10(15)9-13(12)18-11-5-3-2-4-6-11/h7-9,11,14-15H,2-6H2,1H3. The Labute approximate surface area is 113 Å². The van der Waals surface area contributed by atoms with Gasteiger partial charge < -0.3 is 9.84 Å². The summed E-state index contributed by atoms with van der Waals surface area (Å²) in [5.74, 6) is 0.446. The molecule has 6 heteroatoms. The molecule has 2 rings (SSSR count). The van der Waals surface area contributed by atoms with E-state index >= 15 is 0 Å². The first kappa shape index (κ1) is 14.0. The Morgan fingerprint density at radius 1 is 1.26 bits per heavy atom. The molecule has 2 N–H and O–H groups in total. The summed E-state index contributed by atoms with van der Waals surface area (Å²) >= 11 is 0. The minimum absolute atomic E-state index is 0.0601. The van der Waals surface area contributed by atoms with Gasteiger partial charge in [0, 0.05) is 6.07 Å². The van der Waals surface area contributed by atoms with Crippen LogP contribution in [-0.4, -0.2) is 25.9 Å². The highest BCUT2D eigenvalue weighted by Crippen LogP contribution is 2.32. The van der Waals surface area contributed by atoms with Gasteiger partial charge in [0.15, 0.2) is 0 Å². The van der Waals surface area contributed by atoms with Gasteiger partial charge in [-0.2, -0.15) is 0 Å². The number of sulfonamides is 1. The van der Waals surface area contributed by atoms with E-state index in [1.54, 1.807) is 0 Å². The van der Waals surface area contributed by atoms with Crippen molar-refractivity contribution in [3.63, 3.8) is 0 Å². The van der Waals surface area contributed by atoms with Gasteiger partial charge in [-0.15, -0.1) is 0 Å². The van der Waals surface area contributed by atoms with E-state index in [1.165, 1.54) is 24.6 Å². The summed E-state index contributed by atoms with van der Waals surface area (Å²) in [6.07, 6.45) is 6.58. The topological polar surface area (TPSA) is 75.6 Å². The van der Waals surface area contributed by atoms with Crippen LogP contribution < -0.4 is 9.46 Å². The Balaban J connectivity index is 2.19. The van der Waals surface area contributed by atoms with E-state index in [4.69, 9.17) is 4.74 Å². The molecule has 1 aromatic rings. The highest BCUT2D eigenvalue weighted by Gasteiger charge is 2.18. The molecule has 1 aliphatic rings. The maximum absolute atomic E-state index is 11.3. The average molecular weight is 285 g/mol. The zero-order valence-electron chi connectivity index (χ0n) is 10.9. The van der Waals surface area contributed by atoms with Gasteiger partial charge >= 0.3 is 0 Å². The molecule has 0 saturated heterocycles. The molecule has 0 aliphatic heterocycles. The lowest BCUT2D eigenvalue weighted by Crippen LogP contribution is -2.20. The second-order valence-electron chi connectivity index (χ2n) is 4.93. The van der Waals surface area contributed by atoms with Gasteiger partial charge in [0.05, 0.1) is 18.0 Å². The van der Waals surface area contributed by atoms with Crippen LogP contribution >= 0.6 is 0 Å². The van der Waals surface area contributed by atoms with Crippen LogP contribution in [-0.2, 0) is 10.0 Å². The number of ether oxygens (including phenoxy) is 1. The summed E-state index contributed by atoms with van der Waals surface area (Å²) in [4.78, 5) is 0. The van der Waals surface area contributed by atoms with E-state index in [0.717, 1.165) is 31.9 Å². The van der Waals surface area contributed by atoms with Crippen molar-refractivity contribution in [2.24, 2.45) is 0 Å². The lowest BCUT2D eigenvalue weighted by Gasteiger charge is -2.24. The van der Waals surface area contributed by atoms with Crippen LogP contribution in [0.1, 0.15) is 32.1 Å². The Kier molecular flexibility index (Phi) is 4.19. The molecule has 1 fully saturated rings. The van der Waals surface area contributed by atoms with E-state index in [9.17, 15) is 13.5 Å². The molecule has 1 aliphatic carbocycles. The zero-order chi connectivity index (χ0) is 13.9. The molecule has 0 heterocycles. The van der Waals surface area contributed by atoms with E-state index in [2.05, 4.69) is 4.72 Å². The SMILES string of the molecule is CS(=O)(=O)Nc1ccc(O)cc1OC1CCCCC1. The van der Waals surface area contributed by atoms with Crippen LogP contribution in [0.2, 0.25) is 0 Å². The van der Waals surface area contributed by atoms with Gasteiger partial charge in [0.1, 0.15) is 11.5 Å². The highest BCUT2D eigenvalue weighted by atomic mass is 32.2. The Morgan fingerprint density at radius 2 is 1.95 bits per heavy atom. The van der Waals surface area contributed by atoms with Crippen molar-refractivity contribution in [2.45, 2.75) is 38.2 Å². The molecule has 106 valence electrons. The third kappa shape index (κ3) is 4.31. The number of phenols is 1. The van der Waals surface area contributed by atoms with E-state index in [0.29, 0.717) is 11.4 Å². The van der Waals surface area contributed by atoms with Crippen molar-refractivity contribution in [1.82, 2.24) is 0 Å². The van der Waals surface area contributed by atoms with Crippen LogP contribution in [0.15, 0.2) is 18.2 Å². The van der Waals surface area contributed by atoms with Gasteiger partial charge in [0.2, 0.25) is 10.0 Å². The Hall–Kier alpha value is -1.43. The Morgan fingerprint density at radius 3 is 2.58 bits per heavy atom. The molecule has 19 heavy (non-hydrogen) atoms. The van der Waals surface area contributed by atoms with Gasteiger partial charge in [-0.05, 0) is 37.8 Å². The third-order valence-corrected chi connectivity index (χ3v) is 3.70. The van der Waals surface area contributed by atoms with E-state index < -0.39 is 10.0 Å². The third-order valence-electron chi connectivity index (χ3n) is 3.11. The zero-order valence-corrected chi connectivity index (χ0v) is 11.7. The number of aromatic hydroxyl groups is 1. The van der Waals surface area contributed by atoms with Gasteiger partial charge in [-0.1, -0.05) is 6.42 Å². The van der Waals surface area contributed by atoms with Gasteiger partial charge in [0.25, 0.3) is 0 Å². The molecule has 5 nitrogen and oxygen atoms in total. The van der Waals surface area contributed by atoms with Crippen molar-refractivity contribution < 1.29 is 18.3 Å². The molecule has 0 spiro atoms. The largest absolute Gasteiger partial charge is 0.508 e. The van der Waals surface area contributed by atoms with Crippen LogP contribution in [0.4, 0.5) is 5.69 Å². The summed E-state index contributed by atoms with van der Waals surface area (Å²) in [5.41, 5.74) is 0.367. The predicted molar refractivity (Wildman–Crippen MR) is 74.1 cm³/mol. The summed E-state index contributed by atoms with van der Waals surface area (Å²) < 4.78 is 30.8. The summed E-state index contributed by atoms with van der Waals surface area (Å²) in [6, 6.07) is 4.39. The molecule has 0 unspecified atom stereocenters. The van der Waals surface area contributed by atoms with Crippen LogP contribution in [0, 0.1) is 0 Å². The Bertz CT molecular complexity index is 536. The van der Waals surface area contributed by atoms with Crippen molar-refractivity contribution in [3.05, 3.63) is 18.2 Å². The number of anilines is 1. The molecular weight excluding hydrogens is 266 g/mol. The number of nitrogens with one attached hydrogen (secondary N) is 1. The van der Waals surface area contributed by atoms with Gasteiger partial charge in [-0.25, -0.2) is 8.42 Å². The van der Waals surface area contributed by atoms with Gasteiger partial charge in [-0.3, -0.25) is 4.72 Å². The molecule has 0 aromatic heterocycles. The monoisotopic (exact) mass is 285 g/mol. The molecule has 0 amide bonds. The number of hydrogen-bond donors (Lipinski definition) is 2. The normalized spacial score (nSPS) is 17.1. The second kappa shape index (κ2) is 5.69. The molecule has 1 aromatic carbocycles. The maximum Gasteiger partial charge on any atom is 0.229 e. The summed E-state index contributed by atoms with van der Waals surface area (Å²) in [5, 5.41) is 9.51. The smallest absolute Gasteiger partial charge is 0.229 e. The summed E-state index contributed by atoms with van der Waals surface area (Å²) in [6.45, 7) is 0. The van der Waals surface area contributed by atoms with Crippen molar-refractivity contribution in [2.75, 3.05) is 11.0 Å². The molecule has 0 atom stereocenters. The predicted octanol–water partition coefficient (Wildman–Crippen LogP) is 2.48. The fourth-order valence-corrected chi connectivity index (χ4v) is 2.82.